The van der Waals surface area contributed by atoms with Gasteiger partial charge in [-0.3, -0.25) is 0 Å². The summed E-state index contributed by atoms with van der Waals surface area (Å²) in [6.45, 7) is 7.77. The van der Waals surface area contributed by atoms with Gasteiger partial charge < -0.3 is 10.4 Å². The van der Waals surface area contributed by atoms with Gasteiger partial charge in [0.1, 0.15) is 5.82 Å². The summed E-state index contributed by atoms with van der Waals surface area (Å²) < 4.78 is 0. The number of anilines is 1. The van der Waals surface area contributed by atoms with Crippen LogP contribution in [0.15, 0.2) is 18.3 Å². The molecule has 0 unspecified atom stereocenters. The van der Waals surface area contributed by atoms with Gasteiger partial charge >= 0.3 is 0 Å². The number of aliphatic hydroxyl groups excluding tert-OH is 1. The summed E-state index contributed by atoms with van der Waals surface area (Å²) in [6.07, 6.45) is 4.96. The average Bonchev–Trinajstić information content (AvgIpc) is 2.28. The Morgan fingerprint density at radius 3 is 2.47 bits per heavy atom. The van der Waals surface area contributed by atoms with Crippen LogP contribution < -0.4 is 5.32 Å². The first-order valence-electron chi connectivity index (χ1n) is 6.35. The van der Waals surface area contributed by atoms with Crippen LogP contribution in [0.1, 0.15) is 45.6 Å². The summed E-state index contributed by atoms with van der Waals surface area (Å²) in [5, 5.41) is 11.9. The van der Waals surface area contributed by atoms with Crippen molar-refractivity contribution in [3.8, 4) is 0 Å². The Kier molecular flexibility index (Phi) is 5.42. The molecule has 0 fully saturated rings. The van der Waals surface area contributed by atoms with E-state index in [0.717, 1.165) is 31.6 Å². The minimum atomic E-state index is 0.159. The van der Waals surface area contributed by atoms with Crippen molar-refractivity contribution < 1.29 is 5.11 Å². The number of unbranched alkanes of at least 4 members (excludes halogenated alkanes) is 2. The van der Waals surface area contributed by atoms with E-state index in [1.54, 1.807) is 0 Å². The number of nitrogens with one attached hydrogen (secondary N) is 1. The van der Waals surface area contributed by atoms with E-state index in [1.165, 1.54) is 5.56 Å². The number of hydrogen-bond donors (Lipinski definition) is 2. The highest BCUT2D eigenvalue weighted by Gasteiger charge is 2.13. The van der Waals surface area contributed by atoms with E-state index in [2.05, 4.69) is 37.1 Å². The van der Waals surface area contributed by atoms with Crippen molar-refractivity contribution >= 4 is 5.82 Å². The monoisotopic (exact) mass is 236 g/mol. The molecule has 0 amide bonds. The van der Waals surface area contributed by atoms with Crippen LogP contribution in [-0.4, -0.2) is 23.2 Å². The summed E-state index contributed by atoms with van der Waals surface area (Å²) in [4.78, 5) is 4.40. The minimum Gasteiger partial charge on any atom is -0.396 e. The van der Waals surface area contributed by atoms with Crippen molar-refractivity contribution in [3.05, 3.63) is 23.9 Å². The predicted molar refractivity (Wildman–Crippen MR) is 72.4 cm³/mol. The van der Waals surface area contributed by atoms with Gasteiger partial charge in [0.2, 0.25) is 0 Å². The zero-order chi connectivity index (χ0) is 12.7. The summed E-state index contributed by atoms with van der Waals surface area (Å²) in [5.74, 6) is 0.932. The lowest BCUT2D eigenvalue weighted by atomic mass is 9.88. The Hall–Kier alpha value is -1.09. The van der Waals surface area contributed by atoms with Crippen molar-refractivity contribution in [3.63, 3.8) is 0 Å². The summed E-state index contributed by atoms with van der Waals surface area (Å²) in [5.41, 5.74) is 1.41. The van der Waals surface area contributed by atoms with Gasteiger partial charge in [0, 0.05) is 19.3 Å². The Morgan fingerprint density at radius 1 is 1.18 bits per heavy atom. The lowest BCUT2D eigenvalue weighted by Crippen LogP contribution is -2.12. The zero-order valence-corrected chi connectivity index (χ0v) is 11.2. The van der Waals surface area contributed by atoms with E-state index < -0.39 is 0 Å². The third-order valence-electron chi connectivity index (χ3n) is 2.77. The van der Waals surface area contributed by atoms with Gasteiger partial charge in [-0.15, -0.1) is 0 Å². The van der Waals surface area contributed by atoms with E-state index >= 15 is 0 Å². The Bertz CT molecular complexity index is 314. The average molecular weight is 236 g/mol. The molecule has 17 heavy (non-hydrogen) atoms. The molecule has 0 aliphatic carbocycles. The maximum absolute atomic E-state index is 8.66. The number of aromatic nitrogens is 1. The molecule has 1 aromatic heterocycles. The van der Waals surface area contributed by atoms with Crippen molar-refractivity contribution in [2.75, 3.05) is 18.5 Å². The maximum atomic E-state index is 8.66. The van der Waals surface area contributed by atoms with Crippen LogP contribution in [0.2, 0.25) is 0 Å². The Balaban J connectivity index is 2.36. The standard InChI is InChI=1S/C14H24N2O/c1-14(2,3)12-7-8-13(16-11-12)15-9-5-4-6-10-17/h7-8,11,17H,4-6,9-10H2,1-3H3,(H,15,16). The first-order chi connectivity index (χ1) is 8.04. The van der Waals surface area contributed by atoms with E-state index in [-0.39, 0.29) is 5.41 Å². The third kappa shape index (κ3) is 5.18. The van der Waals surface area contributed by atoms with Gasteiger partial charge in [0.25, 0.3) is 0 Å². The minimum absolute atomic E-state index is 0.159. The van der Waals surface area contributed by atoms with Gasteiger partial charge in [-0.1, -0.05) is 26.8 Å². The lowest BCUT2D eigenvalue weighted by molar-refractivity contribution is 0.283. The smallest absolute Gasteiger partial charge is 0.125 e. The first kappa shape index (κ1) is 14.0. The molecule has 0 aliphatic heterocycles. The molecule has 0 radical (unpaired) electrons. The SMILES string of the molecule is CC(C)(C)c1ccc(NCCCCCO)nc1. The number of nitrogens with zero attached hydrogens (tertiary/aromatic N) is 1. The maximum Gasteiger partial charge on any atom is 0.125 e. The Labute approximate surface area is 104 Å². The molecule has 1 rings (SSSR count). The van der Waals surface area contributed by atoms with Crippen LogP contribution in [0, 0.1) is 0 Å². The second kappa shape index (κ2) is 6.60. The quantitative estimate of drug-likeness (QED) is 0.746. The number of rotatable bonds is 6. The van der Waals surface area contributed by atoms with Crippen molar-refractivity contribution in [1.29, 1.82) is 0 Å². The number of hydrogen-bond acceptors (Lipinski definition) is 3. The molecule has 1 aromatic rings. The summed E-state index contributed by atoms with van der Waals surface area (Å²) in [6, 6.07) is 4.16. The molecule has 0 aliphatic rings. The fourth-order valence-corrected chi connectivity index (χ4v) is 1.57. The first-order valence-corrected chi connectivity index (χ1v) is 6.35. The molecule has 0 saturated heterocycles. The van der Waals surface area contributed by atoms with Crippen molar-refractivity contribution in [2.45, 2.75) is 45.4 Å². The third-order valence-corrected chi connectivity index (χ3v) is 2.77. The van der Waals surface area contributed by atoms with Crippen LogP contribution in [0.4, 0.5) is 5.82 Å². The van der Waals surface area contributed by atoms with E-state index in [4.69, 9.17) is 5.11 Å². The second-order valence-corrected chi connectivity index (χ2v) is 5.39. The van der Waals surface area contributed by atoms with Crippen LogP contribution in [0.25, 0.3) is 0 Å². The molecule has 3 nitrogen and oxygen atoms in total. The van der Waals surface area contributed by atoms with Crippen LogP contribution in [-0.2, 0) is 5.41 Å². The molecule has 0 aromatic carbocycles. The van der Waals surface area contributed by atoms with Gasteiger partial charge in [-0.05, 0) is 36.3 Å². The van der Waals surface area contributed by atoms with Gasteiger partial charge in [0.05, 0.1) is 0 Å². The molecule has 0 atom stereocenters. The lowest BCUT2D eigenvalue weighted by Gasteiger charge is -2.18. The largest absolute Gasteiger partial charge is 0.396 e. The molecule has 0 saturated carbocycles. The van der Waals surface area contributed by atoms with E-state index in [1.807, 2.05) is 12.3 Å². The van der Waals surface area contributed by atoms with Crippen LogP contribution >= 0.6 is 0 Å². The molecular weight excluding hydrogens is 212 g/mol. The molecule has 3 heteroatoms. The summed E-state index contributed by atoms with van der Waals surface area (Å²) in [7, 11) is 0. The molecule has 0 spiro atoms. The molecule has 2 N–H and O–H groups in total. The highest BCUT2D eigenvalue weighted by atomic mass is 16.2. The summed E-state index contributed by atoms with van der Waals surface area (Å²) >= 11 is 0. The van der Waals surface area contributed by atoms with Gasteiger partial charge in [-0.2, -0.15) is 0 Å². The number of pyridine rings is 1. The Morgan fingerprint density at radius 2 is 1.94 bits per heavy atom. The second-order valence-electron chi connectivity index (χ2n) is 5.39. The fourth-order valence-electron chi connectivity index (χ4n) is 1.57. The molecule has 96 valence electrons. The van der Waals surface area contributed by atoms with Gasteiger partial charge in [-0.25, -0.2) is 4.98 Å². The van der Waals surface area contributed by atoms with E-state index in [9.17, 15) is 0 Å². The molecule has 1 heterocycles. The molecular formula is C14H24N2O. The topological polar surface area (TPSA) is 45.1 Å². The normalized spacial score (nSPS) is 11.5. The van der Waals surface area contributed by atoms with E-state index in [0.29, 0.717) is 6.61 Å². The van der Waals surface area contributed by atoms with Crippen LogP contribution in [0.3, 0.4) is 0 Å². The fraction of sp³-hybridized carbons (Fsp3) is 0.643. The van der Waals surface area contributed by atoms with Gasteiger partial charge in [0.15, 0.2) is 0 Å². The number of aliphatic hydroxyl groups is 1. The zero-order valence-electron chi connectivity index (χ0n) is 11.2. The molecule has 0 bridgehead atoms. The van der Waals surface area contributed by atoms with Crippen LogP contribution in [0.5, 0.6) is 0 Å². The van der Waals surface area contributed by atoms with Crippen molar-refractivity contribution in [1.82, 2.24) is 4.98 Å². The predicted octanol–water partition coefficient (Wildman–Crippen LogP) is 2.95. The van der Waals surface area contributed by atoms with Crippen molar-refractivity contribution in [2.24, 2.45) is 0 Å². The highest BCUT2D eigenvalue weighted by molar-refractivity contribution is 5.36. The highest BCUT2D eigenvalue weighted by Crippen LogP contribution is 2.21.